The molecule has 0 saturated carbocycles. The number of fused-ring (bicyclic) bond motifs is 1. The number of hydrogen-bond donors (Lipinski definition) is 2. The van der Waals surface area contributed by atoms with Crippen LogP contribution in [0.1, 0.15) is 30.1 Å². The average Bonchev–Trinajstić information content (AvgIpc) is 3.25. The van der Waals surface area contributed by atoms with E-state index in [1.165, 1.54) is 25.9 Å². The standard InChI is InChI=1S/C17H23N3O4/c1-2-22-17(18-7-10-20-8-3-4-9-20)19-16(21)13-5-6-14-15(11-13)24-12-23-14/h5-6,11H,2-4,7-10,12H2,1H3,(H,18,19,21)/p+1. The molecule has 7 nitrogen and oxygen atoms in total. The van der Waals surface area contributed by atoms with Crippen LogP contribution in [0.3, 0.4) is 0 Å². The number of likely N-dealkylation sites (tertiary alicyclic amines) is 1. The van der Waals surface area contributed by atoms with Crippen molar-refractivity contribution in [2.24, 2.45) is 4.99 Å². The van der Waals surface area contributed by atoms with E-state index in [0.29, 0.717) is 30.2 Å². The van der Waals surface area contributed by atoms with E-state index in [1.54, 1.807) is 23.1 Å². The van der Waals surface area contributed by atoms with Crippen LogP contribution in [0, 0.1) is 0 Å². The van der Waals surface area contributed by atoms with Crippen molar-refractivity contribution in [2.45, 2.75) is 19.8 Å². The number of amidine groups is 1. The normalized spacial score (nSPS) is 17.1. The number of rotatable bonds is 5. The second kappa shape index (κ2) is 8.01. The van der Waals surface area contributed by atoms with Crippen LogP contribution in [0.2, 0.25) is 0 Å². The van der Waals surface area contributed by atoms with Crippen LogP contribution in [0.25, 0.3) is 0 Å². The summed E-state index contributed by atoms with van der Waals surface area (Å²) in [5.41, 5.74) is 0.483. The largest absolute Gasteiger partial charge is 0.465 e. The Balaban J connectivity index is 1.58. The maximum Gasteiger partial charge on any atom is 0.291 e. The Labute approximate surface area is 141 Å². The summed E-state index contributed by atoms with van der Waals surface area (Å²) in [6.07, 6.45) is 2.58. The molecule has 1 saturated heterocycles. The molecule has 7 heteroatoms. The lowest BCUT2D eigenvalue weighted by Gasteiger charge is -2.12. The highest BCUT2D eigenvalue weighted by atomic mass is 16.7. The Morgan fingerprint density at radius 1 is 1.29 bits per heavy atom. The summed E-state index contributed by atoms with van der Waals surface area (Å²) in [6.45, 7) is 6.55. The number of carbonyl (C=O) groups is 1. The van der Waals surface area contributed by atoms with Gasteiger partial charge in [0.15, 0.2) is 11.5 Å². The fourth-order valence-corrected chi connectivity index (χ4v) is 2.91. The van der Waals surface area contributed by atoms with Gasteiger partial charge in [-0.05, 0) is 25.1 Å². The average molecular weight is 334 g/mol. The molecule has 0 atom stereocenters. The maximum absolute atomic E-state index is 12.4. The lowest BCUT2D eigenvalue weighted by atomic mass is 10.2. The highest BCUT2D eigenvalue weighted by Gasteiger charge is 2.18. The molecule has 2 heterocycles. The molecule has 24 heavy (non-hydrogen) atoms. The summed E-state index contributed by atoms with van der Waals surface area (Å²) in [6, 6.07) is 5.36. The first-order valence-electron chi connectivity index (χ1n) is 8.48. The van der Waals surface area contributed by atoms with Gasteiger partial charge in [-0.3, -0.25) is 10.1 Å². The topological polar surface area (TPSA) is 73.6 Å². The van der Waals surface area contributed by atoms with Gasteiger partial charge in [0.2, 0.25) is 6.79 Å². The Morgan fingerprint density at radius 2 is 2.08 bits per heavy atom. The smallest absolute Gasteiger partial charge is 0.291 e. The SMILES string of the molecule is CCOC(=NCC[NH+]1CCCC1)NC(=O)c1ccc2c(c1)OCO2. The summed E-state index contributed by atoms with van der Waals surface area (Å²) in [5, 5.41) is 2.73. The van der Waals surface area contributed by atoms with E-state index in [0.717, 1.165) is 6.54 Å². The minimum absolute atomic E-state index is 0.185. The summed E-state index contributed by atoms with van der Waals surface area (Å²) in [4.78, 5) is 18.3. The van der Waals surface area contributed by atoms with Crippen molar-refractivity contribution in [3.63, 3.8) is 0 Å². The molecule has 0 radical (unpaired) electrons. The lowest BCUT2D eigenvalue weighted by Crippen LogP contribution is -3.10. The third kappa shape index (κ3) is 4.17. The number of amides is 1. The molecular weight excluding hydrogens is 310 g/mol. The molecule has 1 amide bonds. The fourth-order valence-electron chi connectivity index (χ4n) is 2.91. The molecule has 1 aromatic rings. The van der Waals surface area contributed by atoms with Crippen LogP contribution in [0.4, 0.5) is 0 Å². The van der Waals surface area contributed by atoms with Gasteiger partial charge in [0.1, 0.15) is 0 Å². The molecule has 0 spiro atoms. The number of quaternary nitrogens is 1. The van der Waals surface area contributed by atoms with Crippen LogP contribution >= 0.6 is 0 Å². The van der Waals surface area contributed by atoms with Crippen LogP contribution in [-0.2, 0) is 4.74 Å². The Hall–Kier alpha value is -2.28. The Bertz CT molecular complexity index is 612. The molecule has 130 valence electrons. The zero-order chi connectivity index (χ0) is 16.8. The first-order chi connectivity index (χ1) is 11.8. The molecule has 0 bridgehead atoms. The summed E-state index contributed by atoms with van der Waals surface area (Å²) in [7, 11) is 0. The maximum atomic E-state index is 12.4. The van der Waals surface area contributed by atoms with Gasteiger partial charge in [-0.25, -0.2) is 4.99 Å². The van der Waals surface area contributed by atoms with E-state index >= 15 is 0 Å². The minimum atomic E-state index is -0.269. The second-order valence-electron chi connectivity index (χ2n) is 5.85. The number of hydrogen-bond acceptors (Lipinski definition) is 5. The number of ether oxygens (including phenoxy) is 3. The van der Waals surface area contributed by atoms with Crippen molar-refractivity contribution in [3.8, 4) is 11.5 Å². The minimum Gasteiger partial charge on any atom is -0.465 e. The third-order valence-electron chi connectivity index (χ3n) is 4.17. The van der Waals surface area contributed by atoms with Gasteiger partial charge in [-0.2, -0.15) is 0 Å². The molecule has 1 fully saturated rings. The first kappa shape index (κ1) is 16.6. The zero-order valence-electron chi connectivity index (χ0n) is 14.0. The van der Waals surface area contributed by atoms with Crippen molar-refractivity contribution < 1.29 is 23.9 Å². The monoisotopic (exact) mass is 334 g/mol. The predicted octanol–water partition coefficient (Wildman–Crippen LogP) is 0.216. The molecular formula is C17H24N3O4+. The van der Waals surface area contributed by atoms with Crippen LogP contribution < -0.4 is 19.7 Å². The van der Waals surface area contributed by atoms with Crippen molar-refractivity contribution in [2.75, 3.05) is 39.6 Å². The van der Waals surface area contributed by atoms with E-state index in [2.05, 4.69) is 10.3 Å². The molecule has 2 aliphatic heterocycles. The molecule has 2 aliphatic rings. The molecule has 0 aromatic heterocycles. The van der Waals surface area contributed by atoms with Gasteiger partial charge in [0.05, 0.1) is 32.8 Å². The zero-order valence-corrected chi connectivity index (χ0v) is 14.0. The second-order valence-corrected chi connectivity index (χ2v) is 5.85. The molecule has 1 aromatic carbocycles. The Morgan fingerprint density at radius 3 is 2.88 bits per heavy atom. The molecule has 0 aliphatic carbocycles. The fraction of sp³-hybridized carbons (Fsp3) is 0.529. The summed E-state index contributed by atoms with van der Waals surface area (Å²) in [5.74, 6) is 0.961. The van der Waals surface area contributed by atoms with Gasteiger partial charge >= 0.3 is 0 Å². The van der Waals surface area contributed by atoms with Gasteiger partial charge in [-0.15, -0.1) is 0 Å². The van der Waals surface area contributed by atoms with Crippen molar-refractivity contribution in [1.29, 1.82) is 0 Å². The van der Waals surface area contributed by atoms with Crippen molar-refractivity contribution >= 4 is 11.9 Å². The van der Waals surface area contributed by atoms with Crippen LogP contribution in [-0.4, -0.2) is 51.5 Å². The lowest BCUT2D eigenvalue weighted by molar-refractivity contribution is -0.885. The highest BCUT2D eigenvalue weighted by molar-refractivity contribution is 6.04. The summed E-state index contributed by atoms with van der Waals surface area (Å²) >= 11 is 0. The van der Waals surface area contributed by atoms with E-state index in [1.807, 2.05) is 6.92 Å². The number of nitrogens with zero attached hydrogens (tertiary/aromatic N) is 1. The Kier molecular flexibility index (Phi) is 5.53. The van der Waals surface area contributed by atoms with Gasteiger partial charge < -0.3 is 19.1 Å². The number of benzene rings is 1. The molecule has 0 unspecified atom stereocenters. The number of nitrogens with one attached hydrogen (secondary N) is 2. The molecule has 3 rings (SSSR count). The number of carbonyl (C=O) groups excluding carboxylic acids is 1. The van der Waals surface area contributed by atoms with E-state index < -0.39 is 0 Å². The highest BCUT2D eigenvalue weighted by Crippen LogP contribution is 2.32. The first-order valence-corrected chi connectivity index (χ1v) is 8.48. The van der Waals surface area contributed by atoms with Gasteiger partial charge in [-0.1, -0.05) is 0 Å². The van der Waals surface area contributed by atoms with Crippen molar-refractivity contribution in [3.05, 3.63) is 23.8 Å². The number of aliphatic imine (C=N–C) groups is 1. The predicted molar refractivity (Wildman–Crippen MR) is 88.8 cm³/mol. The third-order valence-corrected chi connectivity index (χ3v) is 4.17. The van der Waals surface area contributed by atoms with E-state index in [9.17, 15) is 4.79 Å². The molecule has 2 N–H and O–H groups in total. The van der Waals surface area contributed by atoms with E-state index in [-0.39, 0.29) is 18.7 Å². The summed E-state index contributed by atoms with van der Waals surface area (Å²) < 4.78 is 16.0. The van der Waals surface area contributed by atoms with Gasteiger partial charge in [0, 0.05) is 18.4 Å². The van der Waals surface area contributed by atoms with Crippen LogP contribution in [0.5, 0.6) is 11.5 Å². The van der Waals surface area contributed by atoms with E-state index in [4.69, 9.17) is 14.2 Å². The van der Waals surface area contributed by atoms with Crippen LogP contribution in [0.15, 0.2) is 23.2 Å². The van der Waals surface area contributed by atoms with Gasteiger partial charge in [0.25, 0.3) is 11.9 Å². The van der Waals surface area contributed by atoms with Crippen molar-refractivity contribution in [1.82, 2.24) is 5.32 Å². The quantitative estimate of drug-likeness (QED) is 0.597.